The topological polar surface area (TPSA) is 118 Å². The van der Waals surface area contributed by atoms with E-state index in [1.807, 2.05) is 17.5 Å². The zero-order chi connectivity index (χ0) is 19.1. The lowest BCUT2D eigenvalue weighted by Gasteiger charge is -2.44. The molecule has 2 atom stereocenters. The first-order chi connectivity index (χ1) is 12.4. The van der Waals surface area contributed by atoms with Gasteiger partial charge in [-0.3, -0.25) is 4.79 Å². The minimum absolute atomic E-state index is 0.00158. The Balaban J connectivity index is 2.30. The number of halogens is 1. The molecule has 8 heteroatoms. The molecule has 26 heavy (non-hydrogen) atoms. The van der Waals surface area contributed by atoms with Crippen LogP contribution in [0.3, 0.4) is 0 Å². The van der Waals surface area contributed by atoms with Crippen LogP contribution in [0.4, 0.5) is 0 Å². The molecule has 0 saturated heterocycles. The third-order valence-corrected chi connectivity index (χ3v) is 6.78. The second-order valence-corrected chi connectivity index (χ2v) is 8.13. The van der Waals surface area contributed by atoms with Crippen molar-refractivity contribution in [1.29, 1.82) is 15.8 Å². The van der Waals surface area contributed by atoms with Crippen LogP contribution in [0.15, 0.2) is 38.8 Å². The summed E-state index contributed by atoms with van der Waals surface area (Å²) in [5, 5.41) is 31.4. The van der Waals surface area contributed by atoms with Gasteiger partial charge < -0.3 is 10.6 Å². The van der Waals surface area contributed by atoms with Gasteiger partial charge in [-0.2, -0.15) is 15.8 Å². The maximum Gasteiger partial charge on any atom is 0.219 e. The Morgan fingerprint density at radius 3 is 2.62 bits per heavy atom. The number of allylic oxidation sites excluding steroid dienone is 2. The molecule has 1 aliphatic heterocycles. The minimum Gasteiger partial charge on any atom is -0.399 e. The van der Waals surface area contributed by atoms with Crippen molar-refractivity contribution in [2.24, 2.45) is 17.1 Å². The van der Waals surface area contributed by atoms with Crippen LogP contribution in [0.2, 0.25) is 0 Å². The number of hydrogen-bond donors (Lipinski definition) is 1. The molecular formula is C18H14BrN5OS. The zero-order valence-corrected chi connectivity index (χ0v) is 16.3. The molecule has 2 N–H and O–H groups in total. The predicted molar refractivity (Wildman–Crippen MR) is 99.1 cm³/mol. The Bertz CT molecular complexity index is 957. The lowest BCUT2D eigenvalue weighted by molar-refractivity contribution is -0.129. The van der Waals surface area contributed by atoms with E-state index >= 15 is 0 Å². The van der Waals surface area contributed by atoms with Gasteiger partial charge in [0.05, 0.1) is 23.4 Å². The monoisotopic (exact) mass is 427 g/mol. The van der Waals surface area contributed by atoms with Crippen molar-refractivity contribution in [2.45, 2.75) is 12.8 Å². The number of thiophene rings is 1. The Morgan fingerprint density at radius 2 is 2.12 bits per heavy atom. The van der Waals surface area contributed by atoms with Crippen LogP contribution in [0.5, 0.6) is 0 Å². The van der Waals surface area contributed by atoms with Gasteiger partial charge in [0.2, 0.25) is 5.91 Å². The number of fused-ring (bicyclic) bond motifs is 1. The molecular weight excluding hydrogens is 414 g/mol. The molecule has 0 radical (unpaired) electrons. The standard InChI is InChI=1S/C18H14BrN5OS/c1-10(25)24-3-2-12-13(5-20)17(23)18(8-21,9-22)16(14(12)6-24)15-4-11(19)7-26-15/h2,4,7,14,16H,3,6,23H2,1H3/t14-,16-/m0/s1. The van der Waals surface area contributed by atoms with Crippen LogP contribution < -0.4 is 5.73 Å². The fraction of sp³-hybridized carbons (Fsp3) is 0.333. The van der Waals surface area contributed by atoms with Gasteiger partial charge in [-0.1, -0.05) is 6.08 Å². The van der Waals surface area contributed by atoms with Crippen LogP contribution in [0.25, 0.3) is 0 Å². The van der Waals surface area contributed by atoms with Crippen LogP contribution >= 0.6 is 27.3 Å². The maximum atomic E-state index is 11.9. The molecule has 1 aromatic rings. The van der Waals surface area contributed by atoms with Crippen molar-refractivity contribution in [3.8, 4) is 18.2 Å². The number of nitrogens with two attached hydrogens (primary N) is 1. The molecule has 0 spiro atoms. The average molecular weight is 428 g/mol. The van der Waals surface area contributed by atoms with Crippen LogP contribution in [0, 0.1) is 45.3 Å². The van der Waals surface area contributed by atoms with E-state index in [9.17, 15) is 20.6 Å². The van der Waals surface area contributed by atoms with Gasteiger partial charge in [-0.05, 0) is 27.6 Å². The number of carbonyl (C=O) groups is 1. The number of nitrogens with zero attached hydrogens (tertiary/aromatic N) is 4. The first kappa shape index (κ1) is 18.2. The van der Waals surface area contributed by atoms with Gasteiger partial charge in [0.1, 0.15) is 6.07 Å². The lowest BCUT2D eigenvalue weighted by atomic mass is 9.59. The molecule has 0 fully saturated rings. The highest BCUT2D eigenvalue weighted by atomic mass is 79.9. The molecule has 3 rings (SSSR count). The van der Waals surface area contributed by atoms with E-state index < -0.39 is 11.3 Å². The van der Waals surface area contributed by atoms with E-state index in [0.717, 1.165) is 14.9 Å². The summed E-state index contributed by atoms with van der Waals surface area (Å²) in [6.07, 6.45) is 1.81. The zero-order valence-electron chi connectivity index (χ0n) is 13.9. The molecule has 0 unspecified atom stereocenters. The molecule has 6 nitrogen and oxygen atoms in total. The second kappa shape index (κ2) is 6.61. The SMILES string of the molecule is CC(=O)N1CC=C2C(C#N)=C(N)C(C#N)(C#N)[C@H](c3cc(Br)cs3)[C@H]2C1. The molecule has 0 saturated carbocycles. The Morgan fingerprint density at radius 1 is 1.42 bits per heavy atom. The number of nitriles is 3. The van der Waals surface area contributed by atoms with E-state index in [1.54, 1.807) is 4.90 Å². The van der Waals surface area contributed by atoms with Crippen LogP contribution in [-0.4, -0.2) is 23.9 Å². The largest absolute Gasteiger partial charge is 0.399 e. The van der Waals surface area contributed by atoms with Gasteiger partial charge >= 0.3 is 0 Å². The van der Waals surface area contributed by atoms with E-state index in [-0.39, 0.29) is 23.1 Å². The summed E-state index contributed by atoms with van der Waals surface area (Å²) in [4.78, 5) is 14.4. The third-order valence-electron chi connectivity index (χ3n) is 5.00. The summed E-state index contributed by atoms with van der Waals surface area (Å²) in [5.41, 5.74) is 5.46. The number of carbonyl (C=O) groups excluding carboxylic acids is 1. The summed E-state index contributed by atoms with van der Waals surface area (Å²) in [7, 11) is 0. The molecule has 1 aromatic heterocycles. The Labute approximate surface area is 163 Å². The van der Waals surface area contributed by atoms with Crippen LogP contribution in [-0.2, 0) is 4.79 Å². The molecule has 1 aliphatic carbocycles. The maximum absolute atomic E-state index is 11.9. The highest BCUT2D eigenvalue weighted by Crippen LogP contribution is 2.55. The normalized spacial score (nSPS) is 24.0. The quantitative estimate of drug-likeness (QED) is 0.738. The summed E-state index contributed by atoms with van der Waals surface area (Å²) >= 11 is 4.84. The lowest BCUT2D eigenvalue weighted by Crippen LogP contribution is -2.48. The Kier molecular flexibility index (Phi) is 4.63. The highest BCUT2D eigenvalue weighted by Gasteiger charge is 2.55. The molecule has 0 aromatic carbocycles. The summed E-state index contributed by atoms with van der Waals surface area (Å²) < 4.78 is 0.848. The number of hydrogen-bond acceptors (Lipinski definition) is 6. The number of rotatable bonds is 1. The number of amides is 1. The predicted octanol–water partition coefficient (Wildman–Crippen LogP) is 2.78. The fourth-order valence-electron chi connectivity index (χ4n) is 3.73. The van der Waals surface area contributed by atoms with Gasteiger partial charge in [0.25, 0.3) is 0 Å². The third kappa shape index (κ3) is 2.52. The summed E-state index contributed by atoms with van der Waals surface area (Å²) in [6, 6.07) is 8.10. The summed E-state index contributed by atoms with van der Waals surface area (Å²) in [6.45, 7) is 2.20. The highest BCUT2D eigenvalue weighted by molar-refractivity contribution is 9.10. The smallest absolute Gasteiger partial charge is 0.219 e. The van der Waals surface area contributed by atoms with Crippen LogP contribution in [0.1, 0.15) is 17.7 Å². The first-order valence-corrected chi connectivity index (χ1v) is 9.49. The van der Waals surface area contributed by atoms with Crippen molar-refractivity contribution < 1.29 is 4.79 Å². The van der Waals surface area contributed by atoms with Crippen molar-refractivity contribution in [3.05, 3.63) is 43.7 Å². The van der Waals surface area contributed by atoms with E-state index in [4.69, 9.17) is 5.73 Å². The molecule has 0 bridgehead atoms. The molecule has 2 aliphatic rings. The van der Waals surface area contributed by atoms with Crippen molar-refractivity contribution in [2.75, 3.05) is 13.1 Å². The van der Waals surface area contributed by atoms with Gasteiger partial charge in [-0.25, -0.2) is 0 Å². The molecule has 1 amide bonds. The molecule has 2 heterocycles. The van der Waals surface area contributed by atoms with Gasteiger partial charge in [0, 0.05) is 46.6 Å². The Hall–Kier alpha value is -2.60. The minimum atomic E-state index is -1.66. The van der Waals surface area contributed by atoms with Crippen molar-refractivity contribution in [3.63, 3.8) is 0 Å². The average Bonchev–Trinajstić information content (AvgIpc) is 3.06. The summed E-state index contributed by atoms with van der Waals surface area (Å²) in [5.74, 6) is -0.995. The van der Waals surface area contributed by atoms with Crippen molar-refractivity contribution >= 4 is 33.2 Å². The van der Waals surface area contributed by atoms with Gasteiger partial charge in [-0.15, -0.1) is 11.3 Å². The fourth-order valence-corrected chi connectivity index (χ4v) is 5.41. The van der Waals surface area contributed by atoms with E-state index in [0.29, 0.717) is 13.1 Å². The van der Waals surface area contributed by atoms with E-state index in [1.165, 1.54) is 18.3 Å². The van der Waals surface area contributed by atoms with Gasteiger partial charge in [0.15, 0.2) is 5.41 Å². The van der Waals surface area contributed by atoms with E-state index in [2.05, 4.69) is 34.1 Å². The van der Waals surface area contributed by atoms with Crippen molar-refractivity contribution in [1.82, 2.24) is 4.90 Å². The molecule has 130 valence electrons. The first-order valence-electron chi connectivity index (χ1n) is 7.82. The second-order valence-electron chi connectivity index (χ2n) is 6.27.